The Hall–Kier alpha value is -2.16. The zero-order valence-corrected chi connectivity index (χ0v) is 22.0. The third kappa shape index (κ3) is 7.18. The first-order valence-electron chi connectivity index (χ1n) is 11.2. The highest BCUT2D eigenvalue weighted by atomic mass is 127. The highest BCUT2D eigenvalue weighted by molar-refractivity contribution is 14.0. The van der Waals surface area contributed by atoms with Crippen LogP contribution in [0.5, 0.6) is 11.5 Å². The van der Waals surface area contributed by atoms with Crippen molar-refractivity contribution in [1.82, 2.24) is 10.6 Å². The molecule has 2 N–H and O–H groups in total. The molecule has 1 aliphatic rings. The molecule has 0 spiro atoms. The predicted molar refractivity (Wildman–Crippen MR) is 144 cm³/mol. The zero-order chi connectivity index (χ0) is 22.1. The van der Waals surface area contributed by atoms with Gasteiger partial charge in [-0.1, -0.05) is 18.2 Å². The second-order valence-electron chi connectivity index (χ2n) is 7.86. The average Bonchev–Trinajstić information content (AvgIpc) is 3.34. The van der Waals surface area contributed by atoms with E-state index < -0.39 is 0 Å². The van der Waals surface area contributed by atoms with Gasteiger partial charge in [0.25, 0.3) is 0 Å². The molecule has 176 valence electrons. The molecule has 0 bridgehead atoms. The van der Waals surface area contributed by atoms with Gasteiger partial charge in [0, 0.05) is 31.9 Å². The van der Waals surface area contributed by atoms with Crippen LogP contribution in [-0.2, 0) is 6.42 Å². The van der Waals surface area contributed by atoms with Gasteiger partial charge in [-0.05, 0) is 68.5 Å². The summed E-state index contributed by atoms with van der Waals surface area (Å²) in [5.41, 5.74) is 3.76. The Morgan fingerprint density at radius 1 is 1.06 bits per heavy atom. The monoisotopic (exact) mass is 552 g/mol. The number of hydrogen-bond donors (Lipinski definition) is 2. The molecule has 1 fully saturated rings. The number of aliphatic imine (C=N–C) groups is 1. The van der Waals surface area contributed by atoms with E-state index in [4.69, 9.17) is 14.5 Å². The van der Waals surface area contributed by atoms with Crippen molar-refractivity contribution in [3.63, 3.8) is 0 Å². The van der Waals surface area contributed by atoms with Crippen LogP contribution in [0.25, 0.3) is 0 Å². The molecule has 0 radical (unpaired) electrons. The number of ether oxygens (including phenoxy) is 2. The molecule has 1 atom stereocenters. The highest BCUT2D eigenvalue weighted by Crippen LogP contribution is 2.27. The molecule has 6 nitrogen and oxygen atoms in total. The van der Waals surface area contributed by atoms with E-state index in [9.17, 15) is 0 Å². The number of guanidine groups is 1. The quantitative estimate of drug-likeness (QED) is 0.267. The molecule has 2 aromatic rings. The second-order valence-corrected chi connectivity index (χ2v) is 7.86. The summed E-state index contributed by atoms with van der Waals surface area (Å²) in [6, 6.07) is 15.0. The lowest BCUT2D eigenvalue weighted by Gasteiger charge is -2.22. The first kappa shape index (κ1) is 26.1. The topological polar surface area (TPSA) is 58.1 Å². The van der Waals surface area contributed by atoms with E-state index in [0.717, 1.165) is 43.5 Å². The van der Waals surface area contributed by atoms with Gasteiger partial charge >= 0.3 is 0 Å². The molecular formula is C25H37IN4O2. The molecule has 1 heterocycles. The number of anilines is 1. The molecule has 7 heteroatoms. The maximum Gasteiger partial charge on any atom is 0.191 e. The highest BCUT2D eigenvalue weighted by Gasteiger charge is 2.14. The lowest BCUT2D eigenvalue weighted by Crippen LogP contribution is -2.39. The number of halogens is 1. The fourth-order valence-corrected chi connectivity index (χ4v) is 3.91. The Morgan fingerprint density at radius 3 is 2.50 bits per heavy atom. The van der Waals surface area contributed by atoms with Gasteiger partial charge in [-0.3, -0.25) is 4.99 Å². The van der Waals surface area contributed by atoms with Crippen LogP contribution >= 0.6 is 24.0 Å². The summed E-state index contributed by atoms with van der Waals surface area (Å²) in [5.74, 6) is 2.33. The van der Waals surface area contributed by atoms with Crippen molar-refractivity contribution < 1.29 is 9.47 Å². The van der Waals surface area contributed by atoms with Crippen molar-refractivity contribution in [2.45, 2.75) is 39.2 Å². The zero-order valence-electron chi connectivity index (χ0n) is 19.7. The number of rotatable bonds is 9. The Balaban J connectivity index is 0.00000363. The minimum Gasteiger partial charge on any atom is -0.493 e. The Kier molecular flexibility index (Phi) is 10.9. The van der Waals surface area contributed by atoms with Crippen molar-refractivity contribution >= 4 is 35.6 Å². The number of methoxy groups -OCH3 is 2. The molecule has 2 aromatic carbocycles. The SMILES string of the molecule is CCNC(=NCCc1ccc(OC)c(OC)c1)NC(C)c1cccc(N2CCCC2)c1.I. The number of hydrogen-bond acceptors (Lipinski definition) is 4. The van der Waals surface area contributed by atoms with Gasteiger partial charge in [-0.25, -0.2) is 0 Å². The van der Waals surface area contributed by atoms with E-state index in [1.165, 1.54) is 29.7 Å². The fourth-order valence-electron chi connectivity index (χ4n) is 3.91. The van der Waals surface area contributed by atoms with E-state index in [1.807, 2.05) is 12.1 Å². The summed E-state index contributed by atoms with van der Waals surface area (Å²) >= 11 is 0. The van der Waals surface area contributed by atoms with E-state index in [2.05, 4.69) is 59.7 Å². The van der Waals surface area contributed by atoms with Gasteiger partial charge in [0.05, 0.1) is 20.3 Å². The average molecular weight is 553 g/mol. The van der Waals surface area contributed by atoms with Gasteiger partial charge in [0.2, 0.25) is 0 Å². The standard InChI is InChI=1S/C25H36N4O2.HI/c1-5-26-25(27-14-13-20-11-12-23(30-3)24(17-20)31-4)28-19(2)21-9-8-10-22(18-21)29-15-6-7-16-29;/h8-12,17-19H,5-7,13-16H2,1-4H3,(H2,26,27,28);1H. The molecular weight excluding hydrogens is 515 g/mol. The largest absolute Gasteiger partial charge is 0.493 e. The predicted octanol–water partition coefficient (Wildman–Crippen LogP) is 4.78. The number of benzene rings is 2. The van der Waals surface area contributed by atoms with Crippen LogP contribution in [0, 0.1) is 0 Å². The van der Waals surface area contributed by atoms with E-state index in [0.29, 0.717) is 6.54 Å². The van der Waals surface area contributed by atoms with Crippen LogP contribution in [0.3, 0.4) is 0 Å². The van der Waals surface area contributed by atoms with E-state index in [-0.39, 0.29) is 30.0 Å². The first-order valence-corrected chi connectivity index (χ1v) is 11.2. The Bertz CT molecular complexity index is 869. The third-order valence-corrected chi connectivity index (χ3v) is 5.66. The summed E-state index contributed by atoms with van der Waals surface area (Å²) in [6.07, 6.45) is 3.40. The normalized spacial score (nSPS) is 14.5. The van der Waals surface area contributed by atoms with Crippen molar-refractivity contribution in [3.8, 4) is 11.5 Å². The minimum atomic E-state index is 0. The van der Waals surface area contributed by atoms with Crippen LogP contribution < -0.4 is 25.0 Å². The maximum atomic E-state index is 5.40. The molecule has 0 amide bonds. The van der Waals surface area contributed by atoms with Gasteiger partial charge in [0.15, 0.2) is 17.5 Å². The first-order chi connectivity index (χ1) is 15.1. The molecule has 1 unspecified atom stereocenters. The summed E-state index contributed by atoms with van der Waals surface area (Å²) in [5, 5.41) is 6.92. The summed E-state index contributed by atoms with van der Waals surface area (Å²) < 4.78 is 10.7. The number of nitrogens with zero attached hydrogens (tertiary/aromatic N) is 2. The fraction of sp³-hybridized carbons (Fsp3) is 0.480. The van der Waals surface area contributed by atoms with Gasteiger partial charge in [-0.15, -0.1) is 24.0 Å². The molecule has 32 heavy (non-hydrogen) atoms. The summed E-state index contributed by atoms with van der Waals surface area (Å²) in [6.45, 7) is 8.10. The maximum absolute atomic E-state index is 5.40. The molecule has 1 saturated heterocycles. The van der Waals surface area contributed by atoms with Gasteiger partial charge in [0.1, 0.15) is 0 Å². The summed E-state index contributed by atoms with van der Waals surface area (Å²) in [7, 11) is 3.31. The molecule has 0 aliphatic carbocycles. The third-order valence-electron chi connectivity index (χ3n) is 5.66. The lowest BCUT2D eigenvalue weighted by atomic mass is 10.1. The molecule has 0 saturated carbocycles. The van der Waals surface area contributed by atoms with E-state index >= 15 is 0 Å². The van der Waals surface area contributed by atoms with Gasteiger partial charge in [-0.2, -0.15) is 0 Å². The minimum absolute atomic E-state index is 0. The van der Waals surface area contributed by atoms with Crippen molar-refractivity contribution in [3.05, 3.63) is 53.6 Å². The van der Waals surface area contributed by atoms with Crippen molar-refractivity contribution in [2.24, 2.45) is 4.99 Å². The van der Waals surface area contributed by atoms with Crippen molar-refractivity contribution in [2.75, 3.05) is 45.3 Å². The summed E-state index contributed by atoms with van der Waals surface area (Å²) in [4.78, 5) is 7.26. The Labute approximate surface area is 209 Å². The van der Waals surface area contributed by atoms with Crippen LogP contribution in [-0.4, -0.2) is 46.4 Å². The smallest absolute Gasteiger partial charge is 0.191 e. The van der Waals surface area contributed by atoms with Crippen LogP contribution in [0.2, 0.25) is 0 Å². The van der Waals surface area contributed by atoms with Crippen LogP contribution in [0.1, 0.15) is 43.9 Å². The van der Waals surface area contributed by atoms with Crippen LogP contribution in [0.4, 0.5) is 5.69 Å². The van der Waals surface area contributed by atoms with Crippen molar-refractivity contribution in [1.29, 1.82) is 0 Å². The second kappa shape index (κ2) is 13.4. The van der Waals surface area contributed by atoms with Gasteiger partial charge < -0.3 is 25.0 Å². The number of nitrogens with one attached hydrogen (secondary N) is 2. The molecule has 0 aromatic heterocycles. The Morgan fingerprint density at radius 2 is 1.81 bits per heavy atom. The van der Waals surface area contributed by atoms with E-state index in [1.54, 1.807) is 14.2 Å². The molecule has 3 rings (SSSR count). The van der Waals surface area contributed by atoms with Crippen LogP contribution in [0.15, 0.2) is 47.5 Å². The molecule has 1 aliphatic heterocycles. The lowest BCUT2D eigenvalue weighted by molar-refractivity contribution is 0.354.